The number of hydrogen-bond donors (Lipinski definition) is 0. The van der Waals surface area contributed by atoms with Crippen molar-refractivity contribution in [1.29, 1.82) is 0 Å². The zero-order valence-corrected chi connectivity index (χ0v) is 12.6. The molecular weight excluding hydrogens is 344 g/mol. The average molecular weight is 356 g/mol. The highest BCUT2D eigenvalue weighted by Crippen LogP contribution is 2.23. The molecule has 1 unspecified atom stereocenters. The number of alkyl halides is 3. The Kier molecular flexibility index (Phi) is 5.74. The van der Waals surface area contributed by atoms with Gasteiger partial charge in [-0.2, -0.15) is 13.2 Å². The zero-order chi connectivity index (χ0) is 18.4. The maximum Gasteiger partial charge on any atom is 0.422 e. The summed E-state index contributed by atoms with van der Waals surface area (Å²) in [4.78, 5) is 24.0. The second kappa shape index (κ2) is 7.78. The van der Waals surface area contributed by atoms with Gasteiger partial charge in [0.15, 0.2) is 6.61 Å². The number of hydrogen-bond acceptors (Lipinski definition) is 4. The molecule has 4 nitrogen and oxygen atoms in total. The van der Waals surface area contributed by atoms with E-state index in [0.717, 1.165) is 24.3 Å². The van der Waals surface area contributed by atoms with Crippen molar-refractivity contribution in [3.63, 3.8) is 0 Å². The topological polar surface area (TPSA) is 52.6 Å². The molecule has 0 aliphatic rings. The summed E-state index contributed by atoms with van der Waals surface area (Å²) in [5.41, 5.74) is 0.0797. The average Bonchev–Trinajstić information content (AvgIpc) is 2.58. The first-order chi connectivity index (χ1) is 11.8. The van der Waals surface area contributed by atoms with E-state index in [4.69, 9.17) is 4.74 Å². The number of carbonyl (C=O) groups excluding carboxylic acids is 2. The molecule has 2 aromatic carbocycles. The molecule has 0 amide bonds. The molecule has 0 aliphatic heterocycles. The summed E-state index contributed by atoms with van der Waals surface area (Å²) in [6.45, 7) is -1.80. The SMILES string of the molecule is O=C(OC(C(=O)OCC(F)(F)F)c1ccccc1)c1ccc(F)cc1. The molecule has 132 valence electrons. The lowest BCUT2D eigenvalue weighted by Gasteiger charge is -2.18. The molecule has 2 rings (SSSR count). The summed E-state index contributed by atoms with van der Waals surface area (Å²) >= 11 is 0. The van der Waals surface area contributed by atoms with Gasteiger partial charge in [-0.25, -0.2) is 14.0 Å². The van der Waals surface area contributed by atoms with Crippen LogP contribution in [-0.2, 0) is 14.3 Å². The molecular formula is C17H12F4O4. The van der Waals surface area contributed by atoms with E-state index < -0.39 is 36.6 Å². The van der Waals surface area contributed by atoms with E-state index in [1.807, 2.05) is 0 Å². The Morgan fingerprint density at radius 3 is 2.12 bits per heavy atom. The van der Waals surface area contributed by atoms with Gasteiger partial charge in [0, 0.05) is 5.56 Å². The van der Waals surface area contributed by atoms with Crippen LogP contribution in [0.4, 0.5) is 17.6 Å². The number of benzene rings is 2. The Morgan fingerprint density at radius 1 is 0.960 bits per heavy atom. The normalized spacial score (nSPS) is 12.3. The second-order valence-electron chi connectivity index (χ2n) is 4.93. The van der Waals surface area contributed by atoms with E-state index >= 15 is 0 Å². The lowest BCUT2D eigenvalue weighted by molar-refractivity contribution is -0.192. The van der Waals surface area contributed by atoms with Gasteiger partial charge in [-0.05, 0) is 24.3 Å². The summed E-state index contributed by atoms with van der Waals surface area (Å²) in [6, 6.07) is 11.7. The van der Waals surface area contributed by atoms with E-state index in [2.05, 4.69) is 4.74 Å². The highest BCUT2D eigenvalue weighted by Gasteiger charge is 2.33. The molecule has 0 heterocycles. The largest absolute Gasteiger partial charge is 0.453 e. The smallest absolute Gasteiger partial charge is 0.422 e. The molecule has 2 aromatic rings. The van der Waals surface area contributed by atoms with E-state index in [-0.39, 0.29) is 11.1 Å². The number of ether oxygens (including phenoxy) is 2. The third-order valence-corrected chi connectivity index (χ3v) is 3.00. The predicted molar refractivity (Wildman–Crippen MR) is 78.0 cm³/mol. The molecule has 0 saturated heterocycles. The number of halogens is 4. The molecule has 0 N–H and O–H groups in total. The van der Waals surface area contributed by atoms with Crippen molar-refractivity contribution in [1.82, 2.24) is 0 Å². The number of carbonyl (C=O) groups is 2. The Morgan fingerprint density at radius 2 is 1.56 bits per heavy atom. The van der Waals surface area contributed by atoms with E-state index in [1.54, 1.807) is 6.07 Å². The predicted octanol–water partition coefficient (Wildman–Crippen LogP) is 3.83. The van der Waals surface area contributed by atoms with Gasteiger partial charge in [0.05, 0.1) is 5.56 Å². The van der Waals surface area contributed by atoms with Crippen LogP contribution in [0.25, 0.3) is 0 Å². The van der Waals surface area contributed by atoms with Gasteiger partial charge in [-0.15, -0.1) is 0 Å². The molecule has 0 saturated carbocycles. The van der Waals surface area contributed by atoms with Gasteiger partial charge in [0.2, 0.25) is 6.10 Å². The van der Waals surface area contributed by atoms with Crippen LogP contribution in [0.15, 0.2) is 54.6 Å². The van der Waals surface area contributed by atoms with Crippen molar-refractivity contribution in [3.8, 4) is 0 Å². The monoisotopic (exact) mass is 356 g/mol. The van der Waals surface area contributed by atoms with E-state index in [1.165, 1.54) is 24.3 Å². The molecule has 0 bridgehead atoms. The molecule has 0 fully saturated rings. The van der Waals surface area contributed by atoms with Crippen LogP contribution in [-0.4, -0.2) is 24.7 Å². The fourth-order valence-corrected chi connectivity index (χ4v) is 1.87. The van der Waals surface area contributed by atoms with Gasteiger partial charge in [-0.1, -0.05) is 30.3 Å². The zero-order valence-electron chi connectivity index (χ0n) is 12.6. The van der Waals surface area contributed by atoms with Crippen molar-refractivity contribution in [2.45, 2.75) is 12.3 Å². The molecule has 1 atom stereocenters. The Balaban J connectivity index is 2.18. The third kappa shape index (κ3) is 5.59. The minimum atomic E-state index is -4.71. The summed E-state index contributed by atoms with van der Waals surface area (Å²) in [6.07, 6.45) is -6.39. The maximum atomic E-state index is 12.9. The highest BCUT2D eigenvalue weighted by molar-refractivity contribution is 5.91. The first kappa shape index (κ1) is 18.4. The van der Waals surface area contributed by atoms with Crippen molar-refractivity contribution >= 4 is 11.9 Å². The number of esters is 2. The van der Waals surface area contributed by atoms with Crippen molar-refractivity contribution in [2.75, 3.05) is 6.61 Å². The molecule has 25 heavy (non-hydrogen) atoms. The van der Waals surface area contributed by atoms with Crippen LogP contribution < -0.4 is 0 Å². The van der Waals surface area contributed by atoms with Crippen LogP contribution in [0.3, 0.4) is 0 Å². The van der Waals surface area contributed by atoms with Gasteiger partial charge < -0.3 is 9.47 Å². The lowest BCUT2D eigenvalue weighted by Crippen LogP contribution is -2.27. The molecule has 8 heteroatoms. The van der Waals surface area contributed by atoms with E-state index in [0.29, 0.717) is 0 Å². The standard InChI is InChI=1S/C17H12F4O4/c18-13-8-6-12(7-9-13)15(22)25-14(11-4-2-1-3-5-11)16(23)24-10-17(19,20)21/h1-9,14H,10H2. The van der Waals surface area contributed by atoms with E-state index in [9.17, 15) is 27.2 Å². The summed E-state index contributed by atoms with van der Waals surface area (Å²) in [7, 11) is 0. The van der Waals surface area contributed by atoms with Crippen molar-refractivity contribution < 1.29 is 36.6 Å². The van der Waals surface area contributed by atoms with Crippen LogP contribution in [0.2, 0.25) is 0 Å². The highest BCUT2D eigenvalue weighted by atomic mass is 19.4. The minimum Gasteiger partial charge on any atom is -0.453 e. The van der Waals surface area contributed by atoms with Crippen LogP contribution in [0.1, 0.15) is 22.0 Å². The first-order valence-corrected chi connectivity index (χ1v) is 7.01. The second-order valence-corrected chi connectivity index (χ2v) is 4.93. The van der Waals surface area contributed by atoms with Crippen LogP contribution >= 0.6 is 0 Å². The third-order valence-electron chi connectivity index (χ3n) is 3.00. The van der Waals surface area contributed by atoms with Crippen molar-refractivity contribution in [3.05, 3.63) is 71.5 Å². The number of rotatable bonds is 5. The molecule has 0 aliphatic carbocycles. The van der Waals surface area contributed by atoms with Gasteiger partial charge >= 0.3 is 18.1 Å². The summed E-state index contributed by atoms with van der Waals surface area (Å²) in [5, 5.41) is 0. The Hall–Kier alpha value is -2.90. The fourth-order valence-electron chi connectivity index (χ4n) is 1.87. The Bertz CT molecular complexity index is 727. The summed E-state index contributed by atoms with van der Waals surface area (Å²) in [5.74, 6) is -2.95. The van der Waals surface area contributed by atoms with Gasteiger partial charge in [0.25, 0.3) is 0 Å². The van der Waals surface area contributed by atoms with Gasteiger partial charge in [-0.3, -0.25) is 0 Å². The Labute approximate surface area is 140 Å². The van der Waals surface area contributed by atoms with Gasteiger partial charge in [0.1, 0.15) is 5.82 Å². The maximum absolute atomic E-state index is 12.9. The molecule has 0 spiro atoms. The summed E-state index contributed by atoms with van der Waals surface area (Å²) < 4.78 is 58.7. The lowest BCUT2D eigenvalue weighted by atomic mass is 10.1. The van der Waals surface area contributed by atoms with Crippen molar-refractivity contribution in [2.24, 2.45) is 0 Å². The minimum absolute atomic E-state index is 0.0639. The van der Waals surface area contributed by atoms with Crippen LogP contribution in [0.5, 0.6) is 0 Å². The van der Waals surface area contributed by atoms with Crippen LogP contribution in [0, 0.1) is 5.82 Å². The molecule has 0 aromatic heterocycles. The first-order valence-electron chi connectivity index (χ1n) is 7.01. The molecule has 0 radical (unpaired) electrons. The fraction of sp³-hybridized carbons (Fsp3) is 0.176. The quantitative estimate of drug-likeness (QED) is 0.604.